The second kappa shape index (κ2) is 3.82. The Kier molecular flexibility index (Phi) is 2.47. The summed E-state index contributed by atoms with van der Waals surface area (Å²) in [4.78, 5) is 7.81. The highest BCUT2D eigenvalue weighted by Gasteiger charge is 2.12. The lowest BCUT2D eigenvalue weighted by atomic mass is 10.2. The predicted molar refractivity (Wildman–Crippen MR) is 62.4 cm³/mol. The van der Waals surface area contributed by atoms with Crippen molar-refractivity contribution in [1.82, 2.24) is 14.4 Å². The van der Waals surface area contributed by atoms with Crippen LogP contribution < -0.4 is 0 Å². The Morgan fingerprint density at radius 2 is 2.12 bits per heavy atom. The number of ether oxygens (including phenoxy) is 1. The van der Waals surface area contributed by atoms with E-state index >= 15 is 0 Å². The summed E-state index contributed by atoms with van der Waals surface area (Å²) in [6.45, 7) is 7.10. The smallest absolute Gasteiger partial charge is 0.238 e. The van der Waals surface area contributed by atoms with Crippen LogP contribution >= 0.6 is 0 Å². The molecule has 0 aliphatic heterocycles. The highest BCUT2D eigenvalue weighted by Crippen LogP contribution is 2.20. The van der Waals surface area contributed by atoms with Crippen LogP contribution in [0.4, 0.5) is 0 Å². The van der Waals surface area contributed by atoms with Gasteiger partial charge in [0.1, 0.15) is 17.2 Å². The molecule has 6 heteroatoms. The van der Waals surface area contributed by atoms with E-state index in [9.17, 15) is 10.2 Å². The van der Waals surface area contributed by atoms with Gasteiger partial charge in [0.2, 0.25) is 11.7 Å². The average molecular weight is 233 g/mol. The maximum Gasteiger partial charge on any atom is 0.238 e. The molecule has 0 atom stereocenters. The number of rotatable bonds is 3. The summed E-state index contributed by atoms with van der Waals surface area (Å²) in [6.07, 6.45) is 1.38. The lowest BCUT2D eigenvalue weighted by Crippen LogP contribution is -2.01. The highest BCUT2D eigenvalue weighted by atomic mass is 16.5. The Hall–Kier alpha value is -2.50. The Morgan fingerprint density at radius 1 is 1.41 bits per heavy atom. The lowest BCUT2D eigenvalue weighted by molar-refractivity contribution is 0.368. The summed E-state index contributed by atoms with van der Waals surface area (Å²) in [5.74, 6) is 0.212. The fourth-order valence-electron chi connectivity index (χ4n) is 1.42. The summed E-state index contributed by atoms with van der Waals surface area (Å²) in [5.41, 5.74) is 0.770. The van der Waals surface area contributed by atoms with E-state index in [0.29, 0.717) is 11.5 Å². The van der Waals surface area contributed by atoms with Crippen LogP contribution in [0.3, 0.4) is 0 Å². The first kappa shape index (κ1) is 11.0. The van der Waals surface area contributed by atoms with Gasteiger partial charge in [0, 0.05) is 0 Å². The summed E-state index contributed by atoms with van der Waals surface area (Å²) in [5, 5.41) is 18.7. The third-order valence-electron chi connectivity index (χ3n) is 2.26. The molecule has 0 aromatic carbocycles. The van der Waals surface area contributed by atoms with Crippen molar-refractivity contribution in [3.05, 3.63) is 36.8 Å². The van der Waals surface area contributed by atoms with Crippen LogP contribution in [-0.4, -0.2) is 31.7 Å². The lowest BCUT2D eigenvalue weighted by Gasteiger charge is -2.08. The van der Waals surface area contributed by atoms with Gasteiger partial charge in [0.25, 0.3) is 0 Å². The Bertz CT molecular complexity index is 616. The molecule has 0 radical (unpaired) electrons. The van der Waals surface area contributed by atoms with E-state index in [4.69, 9.17) is 4.74 Å². The maximum absolute atomic E-state index is 9.34. The third kappa shape index (κ3) is 1.80. The van der Waals surface area contributed by atoms with E-state index in [1.165, 1.54) is 17.7 Å². The number of aliphatic hydroxyl groups is 1. The van der Waals surface area contributed by atoms with Crippen LogP contribution in [0, 0.1) is 0 Å². The van der Waals surface area contributed by atoms with Crippen molar-refractivity contribution < 1.29 is 14.9 Å². The van der Waals surface area contributed by atoms with Crippen LogP contribution in [0.25, 0.3) is 17.3 Å². The number of hydrogen-bond acceptors (Lipinski definition) is 5. The number of imidazole rings is 1. The fourth-order valence-corrected chi connectivity index (χ4v) is 1.42. The highest BCUT2D eigenvalue weighted by molar-refractivity contribution is 5.63. The third-order valence-corrected chi connectivity index (χ3v) is 2.26. The summed E-state index contributed by atoms with van der Waals surface area (Å²) in [6, 6.07) is 1.54. The molecule has 0 fully saturated rings. The molecule has 0 bridgehead atoms. The molecule has 17 heavy (non-hydrogen) atoms. The molecule has 0 saturated carbocycles. The molecule has 2 rings (SSSR count). The van der Waals surface area contributed by atoms with Crippen molar-refractivity contribution in [2.24, 2.45) is 0 Å². The number of fused-ring (bicyclic) bond motifs is 1. The van der Waals surface area contributed by atoms with Crippen molar-refractivity contribution in [1.29, 1.82) is 0 Å². The van der Waals surface area contributed by atoms with E-state index in [2.05, 4.69) is 23.1 Å². The molecule has 0 aliphatic carbocycles. The summed E-state index contributed by atoms with van der Waals surface area (Å²) >= 11 is 0. The minimum absolute atomic E-state index is 0.177. The number of hydrogen-bond donors (Lipinski definition) is 2. The van der Waals surface area contributed by atoms with Crippen LogP contribution in [0.5, 0.6) is 5.88 Å². The Balaban J connectivity index is 2.77. The SMILES string of the molecule is C=C(O)c1cc(C(=C)OC)n2cc(O)nc2n1. The number of aromatic hydroxyl groups is 1. The van der Waals surface area contributed by atoms with E-state index < -0.39 is 0 Å². The van der Waals surface area contributed by atoms with Gasteiger partial charge in [-0.05, 0) is 6.07 Å². The molecule has 2 N–H and O–H groups in total. The first-order chi connectivity index (χ1) is 8.02. The van der Waals surface area contributed by atoms with Crippen molar-refractivity contribution in [3.8, 4) is 5.88 Å². The topological polar surface area (TPSA) is 79.9 Å². The molecule has 0 amide bonds. The molecule has 6 nitrogen and oxygen atoms in total. The molecule has 0 aliphatic rings. The van der Waals surface area contributed by atoms with E-state index in [1.54, 1.807) is 6.07 Å². The number of aromatic nitrogens is 3. The van der Waals surface area contributed by atoms with E-state index in [-0.39, 0.29) is 23.1 Å². The van der Waals surface area contributed by atoms with E-state index in [0.717, 1.165) is 0 Å². The van der Waals surface area contributed by atoms with Gasteiger partial charge >= 0.3 is 0 Å². The molecule has 0 spiro atoms. The number of aliphatic hydroxyl groups excluding tert-OH is 1. The molecule has 88 valence electrons. The molecule has 2 aromatic heterocycles. The van der Waals surface area contributed by atoms with Gasteiger partial charge in [-0.1, -0.05) is 13.2 Å². The minimum Gasteiger partial charge on any atom is -0.506 e. The fraction of sp³-hybridized carbons (Fsp3) is 0.0909. The standard InChI is InChI=1S/C11H11N3O3/c1-6(15)8-4-9(7(2)17-3)14-5-10(16)13-11(14)12-8/h4-5,15-16H,1-2H2,3H3. The average Bonchev–Trinajstić information content (AvgIpc) is 2.66. The minimum atomic E-state index is -0.194. The van der Waals surface area contributed by atoms with Gasteiger partial charge in [-0.15, -0.1) is 0 Å². The second-order valence-corrected chi connectivity index (χ2v) is 3.37. The Labute approximate surface area is 97.1 Å². The molecule has 0 unspecified atom stereocenters. The largest absolute Gasteiger partial charge is 0.506 e. The normalized spacial score (nSPS) is 10.4. The zero-order valence-electron chi connectivity index (χ0n) is 9.21. The molecule has 2 heterocycles. The summed E-state index contributed by atoms with van der Waals surface area (Å²) in [7, 11) is 1.47. The van der Waals surface area contributed by atoms with Crippen molar-refractivity contribution in [3.63, 3.8) is 0 Å². The van der Waals surface area contributed by atoms with Gasteiger partial charge in [-0.2, -0.15) is 4.98 Å². The maximum atomic E-state index is 9.34. The first-order valence-corrected chi connectivity index (χ1v) is 4.73. The summed E-state index contributed by atoms with van der Waals surface area (Å²) < 4.78 is 6.53. The molecule has 0 saturated heterocycles. The van der Waals surface area contributed by atoms with Gasteiger partial charge < -0.3 is 14.9 Å². The number of nitrogens with zero attached hydrogens (tertiary/aromatic N) is 3. The van der Waals surface area contributed by atoms with Crippen LogP contribution in [-0.2, 0) is 4.74 Å². The zero-order valence-corrected chi connectivity index (χ0v) is 9.21. The monoisotopic (exact) mass is 233 g/mol. The van der Waals surface area contributed by atoms with Gasteiger partial charge in [-0.3, -0.25) is 4.40 Å². The predicted octanol–water partition coefficient (Wildman–Crippen LogP) is 1.58. The van der Waals surface area contributed by atoms with Crippen molar-refractivity contribution in [2.45, 2.75) is 0 Å². The first-order valence-electron chi connectivity index (χ1n) is 4.73. The van der Waals surface area contributed by atoms with Crippen molar-refractivity contribution in [2.75, 3.05) is 7.11 Å². The Morgan fingerprint density at radius 3 is 2.71 bits per heavy atom. The van der Waals surface area contributed by atoms with Gasteiger partial charge in [0.15, 0.2) is 0 Å². The van der Waals surface area contributed by atoms with Gasteiger partial charge in [0.05, 0.1) is 19.0 Å². The molecule has 2 aromatic rings. The van der Waals surface area contributed by atoms with Gasteiger partial charge in [-0.25, -0.2) is 4.98 Å². The molecular weight excluding hydrogens is 222 g/mol. The zero-order chi connectivity index (χ0) is 12.6. The second-order valence-electron chi connectivity index (χ2n) is 3.37. The quantitative estimate of drug-likeness (QED) is 0.787. The van der Waals surface area contributed by atoms with Crippen molar-refractivity contribution >= 4 is 17.3 Å². The van der Waals surface area contributed by atoms with Crippen LogP contribution in [0.2, 0.25) is 0 Å². The van der Waals surface area contributed by atoms with Crippen LogP contribution in [0.15, 0.2) is 25.4 Å². The van der Waals surface area contributed by atoms with Crippen LogP contribution in [0.1, 0.15) is 11.4 Å². The number of methoxy groups -OCH3 is 1. The molecular formula is C11H11N3O3. The van der Waals surface area contributed by atoms with E-state index in [1.807, 2.05) is 0 Å².